The van der Waals surface area contributed by atoms with Gasteiger partial charge in [-0.15, -0.1) is 11.3 Å². The molecule has 14 heavy (non-hydrogen) atoms. The fraction of sp³-hybridized carbons (Fsp3) is 0. The van der Waals surface area contributed by atoms with Gasteiger partial charge in [0.25, 0.3) is 0 Å². The predicted octanol–water partition coefficient (Wildman–Crippen LogP) is 0.891. The number of aromatic hydroxyl groups is 1. The lowest BCUT2D eigenvalue weighted by Gasteiger charge is -2.03. The van der Waals surface area contributed by atoms with Gasteiger partial charge in [0.2, 0.25) is 0 Å². The number of halogens is 1. The Labute approximate surface area is 98.3 Å². The van der Waals surface area contributed by atoms with Crippen molar-refractivity contribution in [2.24, 2.45) is 0 Å². The number of fused-ring (bicyclic) bond motifs is 1. The second-order valence-electron chi connectivity index (χ2n) is 2.86. The lowest BCUT2D eigenvalue weighted by Crippen LogP contribution is -2.32. The standard InChI is InChI=1S/C8H6BIO3S/c10-6-2-8-4(7(11)3-14-8)1-5(6)9(12)13/h1-3,11-13H. The van der Waals surface area contributed by atoms with Gasteiger partial charge in [-0.05, 0) is 40.2 Å². The predicted molar refractivity (Wildman–Crippen MR) is 66.0 cm³/mol. The van der Waals surface area contributed by atoms with Crippen LogP contribution in [-0.2, 0) is 0 Å². The summed E-state index contributed by atoms with van der Waals surface area (Å²) in [5.41, 5.74) is 0.423. The third-order valence-corrected chi connectivity index (χ3v) is 3.82. The van der Waals surface area contributed by atoms with E-state index >= 15 is 0 Å². The Bertz CT molecular complexity index is 483. The summed E-state index contributed by atoms with van der Waals surface area (Å²) in [6, 6.07) is 3.43. The first kappa shape index (κ1) is 10.2. The van der Waals surface area contributed by atoms with Crippen molar-refractivity contribution in [1.29, 1.82) is 0 Å². The Morgan fingerprint density at radius 3 is 2.64 bits per heavy atom. The van der Waals surface area contributed by atoms with Crippen molar-refractivity contribution < 1.29 is 15.2 Å². The molecule has 0 aliphatic heterocycles. The van der Waals surface area contributed by atoms with Gasteiger partial charge >= 0.3 is 7.12 Å². The molecule has 0 aliphatic rings. The second kappa shape index (κ2) is 3.69. The molecule has 3 N–H and O–H groups in total. The summed E-state index contributed by atoms with van der Waals surface area (Å²) in [6.45, 7) is 0. The van der Waals surface area contributed by atoms with E-state index in [1.54, 1.807) is 11.4 Å². The van der Waals surface area contributed by atoms with Crippen molar-refractivity contribution >= 4 is 56.6 Å². The van der Waals surface area contributed by atoms with Crippen LogP contribution in [0.25, 0.3) is 10.1 Å². The highest BCUT2D eigenvalue weighted by Gasteiger charge is 2.17. The van der Waals surface area contributed by atoms with Crippen molar-refractivity contribution in [3.63, 3.8) is 0 Å². The van der Waals surface area contributed by atoms with Crippen LogP contribution in [0.2, 0.25) is 0 Å². The molecule has 6 heteroatoms. The van der Waals surface area contributed by atoms with E-state index in [-0.39, 0.29) is 5.75 Å². The van der Waals surface area contributed by atoms with Gasteiger partial charge in [-0.1, -0.05) is 0 Å². The molecule has 0 unspecified atom stereocenters. The Balaban J connectivity index is 2.74. The molecular weight excluding hydrogens is 314 g/mol. The molecule has 2 rings (SSSR count). The molecule has 1 aromatic carbocycles. The summed E-state index contributed by atoms with van der Waals surface area (Å²) < 4.78 is 1.73. The fourth-order valence-corrected chi connectivity index (χ4v) is 3.05. The van der Waals surface area contributed by atoms with Gasteiger partial charge in [0.05, 0.1) is 0 Å². The van der Waals surface area contributed by atoms with Crippen LogP contribution >= 0.6 is 33.9 Å². The summed E-state index contributed by atoms with van der Waals surface area (Å²) in [6.07, 6.45) is 0. The zero-order valence-corrected chi connectivity index (χ0v) is 9.91. The van der Waals surface area contributed by atoms with Crippen molar-refractivity contribution in [3.05, 3.63) is 21.1 Å². The maximum atomic E-state index is 9.45. The number of rotatable bonds is 1. The van der Waals surface area contributed by atoms with Crippen LogP contribution < -0.4 is 5.46 Å². The molecule has 1 heterocycles. The minimum atomic E-state index is -1.49. The average molecular weight is 320 g/mol. The molecular formula is C8H6BIO3S. The highest BCUT2D eigenvalue weighted by Crippen LogP contribution is 2.31. The van der Waals surface area contributed by atoms with Gasteiger partial charge in [0, 0.05) is 19.0 Å². The summed E-state index contributed by atoms with van der Waals surface area (Å²) in [5.74, 6) is 0.184. The minimum Gasteiger partial charge on any atom is -0.506 e. The molecule has 0 aliphatic carbocycles. The van der Waals surface area contributed by atoms with Gasteiger partial charge in [0.1, 0.15) is 5.75 Å². The Morgan fingerprint density at radius 1 is 1.29 bits per heavy atom. The Hall–Kier alpha value is -0.305. The second-order valence-corrected chi connectivity index (χ2v) is 4.94. The van der Waals surface area contributed by atoms with Gasteiger partial charge in [-0.2, -0.15) is 0 Å². The molecule has 0 radical (unpaired) electrons. The smallest absolute Gasteiger partial charge is 0.489 e. The molecule has 1 aromatic heterocycles. The number of benzene rings is 1. The zero-order chi connectivity index (χ0) is 10.3. The van der Waals surface area contributed by atoms with Crippen LogP contribution in [0.4, 0.5) is 0 Å². The van der Waals surface area contributed by atoms with Gasteiger partial charge < -0.3 is 15.2 Å². The summed E-state index contributed by atoms with van der Waals surface area (Å²) in [5, 5.41) is 29.9. The topological polar surface area (TPSA) is 60.7 Å². The summed E-state index contributed by atoms with van der Waals surface area (Å²) in [4.78, 5) is 0. The molecule has 0 spiro atoms. The van der Waals surface area contributed by atoms with Gasteiger partial charge in [-0.3, -0.25) is 0 Å². The van der Waals surface area contributed by atoms with Crippen LogP contribution in [0.1, 0.15) is 0 Å². The molecule has 0 amide bonds. The van der Waals surface area contributed by atoms with Gasteiger partial charge in [-0.25, -0.2) is 0 Å². The molecule has 0 saturated carbocycles. The van der Waals surface area contributed by atoms with E-state index in [0.717, 1.165) is 8.27 Å². The number of hydrogen-bond donors (Lipinski definition) is 3. The third-order valence-electron chi connectivity index (χ3n) is 1.95. The Morgan fingerprint density at radius 2 is 2.00 bits per heavy atom. The first-order valence-corrected chi connectivity index (χ1v) is 5.81. The van der Waals surface area contributed by atoms with E-state index in [1.807, 2.05) is 28.7 Å². The third kappa shape index (κ3) is 1.62. The van der Waals surface area contributed by atoms with Crippen LogP contribution in [-0.4, -0.2) is 22.3 Å². The fourth-order valence-electron chi connectivity index (χ4n) is 1.25. The van der Waals surface area contributed by atoms with Crippen LogP contribution in [0.5, 0.6) is 5.75 Å². The average Bonchev–Trinajstić information content (AvgIpc) is 2.46. The lowest BCUT2D eigenvalue weighted by atomic mass is 9.80. The highest BCUT2D eigenvalue weighted by molar-refractivity contribution is 14.1. The van der Waals surface area contributed by atoms with Crippen LogP contribution in [0.3, 0.4) is 0 Å². The molecule has 0 atom stereocenters. The van der Waals surface area contributed by atoms with E-state index in [0.29, 0.717) is 10.8 Å². The largest absolute Gasteiger partial charge is 0.506 e. The normalized spacial score (nSPS) is 10.8. The first-order valence-electron chi connectivity index (χ1n) is 3.85. The highest BCUT2D eigenvalue weighted by atomic mass is 127. The number of thiophene rings is 1. The molecule has 0 fully saturated rings. The SMILES string of the molecule is OB(O)c1cc2c(O)csc2cc1I. The van der Waals surface area contributed by atoms with Crippen LogP contribution in [0, 0.1) is 3.57 Å². The Kier molecular flexibility index (Phi) is 2.69. The molecule has 2 aromatic rings. The first-order chi connectivity index (χ1) is 6.59. The minimum absolute atomic E-state index is 0.184. The van der Waals surface area contributed by atoms with E-state index in [2.05, 4.69) is 0 Å². The molecule has 0 bridgehead atoms. The quantitative estimate of drug-likeness (QED) is 0.540. The van der Waals surface area contributed by atoms with E-state index in [1.165, 1.54) is 11.3 Å². The van der Waals surface area contributed by atoms with Crippen LogP contribution in [0.15, 0.2) is 17.5 Å². The van der Waals surface area contributed by atoms with Crippen molar-refractivity contribution in [1.82, 2.24) is 0 Å². The van der Waals surface area contributed by atoms with E-state index in [9.17, 15) is 5.11 Å². The van der Waals surface area contributed by atoms with E-state index < -0.39 is 7.12 Å². The lowest BCUT2D eigenvalue weighted by molar-refractivity contribution is 0.425. The monoisotopic (exact) mass is 320 g/mol. The molecule has 72 valence electrons. The maximum absolute atomic E-state index is 9.45. The summed E-state index contributed by atoms with van der Waals surface area (Å²) >= 11 is 3.47. The summed E-state index contributed by atoms with van der Waals surface area (Å²) in [7, 11) is -1.49. The van der Waals surface area contributed by atoms with Crippen molar-refractivity contribution in [2.45, 2.75) is 0 Å². The zero-order valence-electron chi connectivity index (χ0n) is 6.94. The molecule has 0 saturated heterocycles. The van der Waals surface area contributed by atoms with Crippen molar-refractivity contribution in [2.75, 3.05) is 0 Å². The maximum Gasteiger partial charge on any atom is 0.489 e. The molecule has 3 nitrogen and oxygen atoms in total. The number of hydrogen-bond acceptors (Lipinski definition) is 4. The van der Waals surface area contributed by atoms with E-state index in [4.69, 9.17) is 10.0 Å². The van der Waals surface area contributed by atoms with Gasteiger partial charge in [0.15, 0.2) is 0 Å². The van der Waals surface area contributed by atoms with Crippen molar-refractivity contribution in [3.8, 4) is 5.75 Å².